The molecule has 29 heavy (non-hydrogen) atoms. The third-order valence-electron chi connectivity index (χ3n) is 4.58. The van der Waals surface area contributed by atoms with Crippen molar-refractivity contribution in [1.82, 2.24) is 19.7 Å². The Hall–Kier alpha value is -2.90. The van der Waals surface area contributed by atoms with Crippen LogP contribution in [0.2, 0.25) is 0 Å². The molecule has 2 aromatic rings. The number of aromatic nitrogens is 1. The van der Waals surface area contributed by atoms with E-state index in [9.17, 15) is 8.42 Å². The summed E-state index contributed by atoms with van der Waals surface area (Å²) in [4.78, 5) is 6.73. The lowest BCUT2D eigenvalue weighted by Crippen LogP contribution is -2.53. The lowest BCUT2D eigenvalue weighted by molar-refractivity contribution is 0.259. The monoisotopic (exact) mass is 416 g/mol. The highest BCUT2D eigenvalue weighted by molar-refractivity contribution is 7.88. The molecule has 0 spiro atoms. The van der Waals surface area contributed by atoms with Gasteiger partial charge in [0.15, 0.2) is 5.96 Å². The van der Waals surface area contributed by atoms with E-state index in [1.165, 1.54) is 10.6 Å². The minimum atomic E-state index is -3.43. The molecule has 0 amide bonds. The third kappa shape index (κ3) is 5.56. The van der Waals surface area contributed by atoms with Gasteiger partial charge in [0, 0.05) is 38.8 Å². The van der Waals surface area contributed by atoms with Crippen LogP contribution >= 0.6 is 0 Å². The molecule has 1 aromatic carbocycles. The van der Waals surface area contributed by atoms with Crippen LogP contribution in [0.25, 0.3) is 0 Å². The standard InChI is InChI=1S/C19H24N6O3S/c1-2-21-19(22-14-17-5-3-16(13-20)4-6-17)24-8-10-25(11-9-24)29(26,27)15-18-7-12-28-23-18/h3-7,12H,2,8-11,14-15H2,1H3,(H,21,22). The van der Waals surface area contributed by atoms with Crippen LogP contribution in [-0.2, 0) is 22.3 Å². The van der Waals surface area contributed by atoms with E-state index in [0.29, 0.717) is 44.0 Å². The molecule has 9 nitrogen and oxygen atoms in total. The summed E-state index contributed by atoms with van der Waals surface area (Å²) in [6.07, 6.45) is 1.37. The molecular formula is C19H24N6O3S. The maximum Gasteiger partial charge on any atom is 0.220 e. The van der Waals surface area contributed by atoms with E-state index in [0.717, 1.165) is 18.1 Å². The molecule has 2 heterocycles. The highest BCUT2D eigenvalue weighted by Crippen LogP contribution is 2.13. The average molecular weight is 417 g/mol. The summed E-state index contributed by atoms with van der Waals surface area (Å²) in [5.41, 5.74) is 2.03. The molecule has 0 aliphatic carbocycles. The zero-order chi connectivity index (χ0) is 20.7. The number of nitrogens with one attached hydrogen (secondary N) is 1. The first-order valence-electron chi connectivity index (χ1n) is 9.41. The fourth-order valence-electron chi connectivity index (χ4n) is 3.04. The predicted molar refractivity (Wildman–Crippen MR) is 108 cm³/mol. The summed E-state index contributed by atoms with van der Waals surface area (Å²) >= 11 is 0. The number of nitriles is 1. The highest BCUT2D eigenvalue weighted by atomic mass is 32.2. The number of sulfonamides is 1. The Labute approximate surface area is 170 Å². The van der Waals surface area contributed by atoms with Crippen LogP contribution in [0.3, 0.4) is 0 Å². The lowest BCUT2D eigenvalue weighted by atomic mass is 10.1. The van der Waals surface area contributed by atoms with Crippen LogP contribution in [0.15, 0.2) is 46.1 Å². The van der Waals surface area contributed by atoms with Gasteiger partial charge in [0.2, 0.25) is 10.0 Å². The van der Waals surface area contributed by atoms with Crippen molar-refractivity contribution in [3.63, 3.8) is 0 Å². The Balaban J connectivity index is 1.60. The van der Waals surface area contributed by atoms with Crippen molar-refractivity contribution in [2.75, 3.05) is 32.7 Å². The number of hydrogen-bond donors (Lipinski definition) is 1. The van der Waals surface area contributed by atoms with E-state index in [1.54, 1.807) is 18.2 Å². The Morgan fingerprint density at radius 3 is 2.55 bits per heavy atom. The van der Waals surface area contributed by atoms with Gasteiger partial charge in [-0.25, -0.2) is 13.4 Å². The van der Waals surface area contributed by atoms with Crippen molar-refractivity contribution in [2.45, 2.75) is 19.2 Å². The molecule has 1 aromatic heterocycles. The lowest BCUT2D eigenvalue weighted by Gasteiger charge is -2.35. The summed E-state index contributed by atoms with van der Waals surface area (Å²) < 4.78 is 31.4. The van der Waals surface area contributed by atoms with Crippen molar-refractivity contribution in [2.24, 2.45) is 4.99 Å². The Morgan fingerprint density at radius 1 is 1.24 bits per heavy atom. The van der Waals surface area contributed by atoms with Crippen molar-refractivity contribution in [3.05, 3.63) is 53.4 Å². The van der Waals surface area contributed by atoms with Gasteiger partial charge in [-0.05, 0) is 24.6 Å². The van der Waals surface area contributed by atoms with Crippen LogP contribution in [0.5, 0.6) is 0 Å². The summed E-state index contributed by atoms with van der Waals surface area (Å²) in [5, 5.41) is 15.8. The van der Waals surface area contributed by atoms with Crippen LogP contribution < -0.4 is 5.32 Å². The maximum absolute atomic E-state index is 12.6. The quantitative estimate of drug-likeness (QED) is 0.555. The SMILES string of the molecule is CCNC(=NCc1ccc(C#N)cc1)N1CCN(S(=O)(=O)Cc2ccon2)CC1. The molecule has 1 aliphatic heterocycles. The van der Waals surface area contributed by atoms with E-state index >= 15 is 0 Å². The number of rotatable bonds is 6. The fourth-order valence-corrected chi connectivity index (χ4v) is 4.47. The topological polar surface area (TPSA) is 115 Å². The molecule has 0 saturated carbocycles. The third-order valence-corrected chi connectivity index (χ3v) is 6.39. The predicted octanol–water partition coefficient (Wildman–Crippen LogP) is 1.16. The number of guanidine groups is 1. The molecule has 1 N–H and O–H groups in total. The van der Waals surface area contributed by atoms with Crippen molar-refractivity contribution < 1.29 is 12.9 Å². The van der Waals surface area contributed by atoms with E-state index in [-0.39, 0.29) is 5.75 Å². The normalized spacial score (nSPS) is 15.9. The number of nitrogens with zero attached hydrogens (tertiary/aromatic N) is 5. The van der Waals surface area contributed by atoms with E-state index < -0.39 is 10.0 Å². The smallest absolute Gasteiger partial charge is 0.220 e. The minimum absolute atomic E-state index is 0.156. The largest absolute Gasteiger partial charge is 0.364 e. The molecule has 1 fully saturated rings. The van der Waals surface area contributed by atoms with Gasteiger partial charge in [-0.1, -0.05) is 17.3 Å². The maximum atomic E-state index is 12.6. The second-order valence-corrected chi connectivity index (χ2v) is 8.58. The molecule has 154 valence electrons. The van der Waals surface area contributed by atoms with Gasteiger partial charge < -0.3 is 14.7 Å². The number of aliphatic imine (C=N–C) groups is 1. The number of piperazine rings is 1. The van der Waals surface area contributed by atoms with E-state index in [1.807, 2.05) is 19.1 Å². The minimum Gasteiger partial charge on any atom is -0.364 e. The zero-order valence-electron chi connectivity index (χ0n) is 16.3. The van der Waals surface area contributed by atoms with Gasteiger partial charge in [0.1, 0.15) is 12.0 Å². The van der Waals surface area contributed by atoms with Crippen molar-refractivity contribution >= 4 is 16.0 Å². The molecule has 0 unspecified atom stereocenters. The van der Waals surface area contributed by atoms with E-state index in [4.69, 9.17) is 9.78 Å². The van der Waals surface area contributed by atoms with Crippen LogP contribution in [0.4, 0.5) is 0 Å². The van der Waals surface area contributed by atoms with Gasteiger partial charge in [-0.15, -0.1) is 0 Å². The summed E-state index contributed by atoms with van der Waals surface area (Å²) in [6.45, 7) is 5.09. The molecule has 0 bridgehead atoms. The van der Waals surface area contributed by atoms with Crippen molar-refractivity contribution in [3.8, 4) is 6.07 Å². The molecule has 1 aliphatic rings. The highest BCUT2D eigenvalue weighted by Gasteiger charge is 2.28. The molecule has 3 rings (SSSR count). The summed E-state index contributed by atoms with van der Waals surface area (Å²) in [6, 6.07) is 11.0. The first-order valence-corrected chi connectivity index (χ1v) is 11.0. The first-order chi connectivity index (χ1) is 14.0. The molecule has 10 heteroatoms. The van der Waals surface area contributed by atoms with Gasteiger partial charge in [-0.3, -0.25) is 0 Å². The Bertz CT molecular complexity index is 956. The Morgan fingerprint density at radius 2 is 1.97 bits per heavy atom. The van der Waals surface area contributed by atoms with Crippen LogP contribution in [0, 0.1) is 11.3 Å². The van der Waals surface area contributed by atoms with Crippen molar-refractivity contribution in [1.29, 1.82) is 5.26 Å². The van der Waals surface area contributed by atoms with Gasteiger partial charge >= 0.3 is 0 Å². The van der Waals surface area contributed by atoms with E-state index in [2.05, 4.69) is 26.4 Å². The van der Waals surface area contributed by atoms with Crippen LogP contribution in [-0.4, -0.2) is 61.5 Å². The second kappa shape index (κ2) is 9.54. The average Bonchev–Trinajstić information content (AvgIpc) is 3.24. The van der Waals surface area contributed by atoms with Crippen LogP contribution in [0.1, 0.15) is 23.7 Å². The molecule has 0 atom stereocenters. The zero-order valence-corrected chi connectivity index (χ0v) is 17.1. The number of benzene rings is 1. The molecule has 0 radical (unpaired) electrons. The fraction of sp³-hybridized carbons (Fsp3) is 0.421. The first kappa shape index (κ1) is 20.8. The molecule has 1 saturated heterocycles. The van der Waals surface area contributed by atoms with Gasteiger partial charge in [-0.2, -0.15) is 9.57 Å². The van der Waals surface area contributed by atoms with Gasteiger partial charge in [0.05, 0.1) is 23.9 Å². The summed E-state index contributed by atoms with van der Waals surface area (Å²) in [5.74, 6) is 0.599. The number of hydrogen-bond acceptors (Lipinski definition) is 6. The Kier molecular flexibility index (Phi) is 6.85. The van der Waals surface area contributed by atoms with Gasteiger partial charge in [0.25, 0.3) is 0 Å². The molecular weight excluding hydrogens is 392 g/mol. The second-order valence-electron chi connectivity index (χ2n) is 6.61. The summed E-state index contributed by atoms with van der Waals surface area (Å²) in [7, 11) is -3.43.